The van der Waals surface area contributed by atoms with E-state index in [0.29, 0.717) is 6.42 Å². The highest BCUT2D eigenvalue weighted by Crippen LogP contribution is 2.40. The molecule has 5 aromatic carbocycles. The normalized spacial score (nSPS) is 11.8. The molecule has 0 bridgehead atoms. The second kappa shape index (κ2) is 4.53. The van der Waals surface area contributed by atoms with Gasteiger partial charge in [0.2, 0.25) is 0 Å². The largest absolute Gasteiger partial charge is 0.303 e. The molecule has 0 aromatic heterocycles. The molecule has 0 unspecified atom stereocenters. The van der Waals surface area contributed by atoms with Crippen molar-refractivity contribution in [2.75, 3.05) is 0 Å². The summed E-state index contributed by atoms with van der Waals surface area (Å²) in [4.78, 5) is 11.0. The van der Waals surface area contributed by atoms with Gasteiger partial charge >= 0.3 is 0 Å². The van der Waals surface area contributed by atoms with Crippen LogP contribution >= 0.6 is 0 Å². The van der Waals surface area contributed by atoms with Crippen molar-refractivity contribution in [1.29, 1.82) is 0 Å². The summed E-state index contributed by atoms with van der Waals surface area (Å²) in [6.07, 6.45) is 1.45. The van der Waals surface area contributed by atoms with Crippen molar-refractivity contribution in [3.8, 4) is 0 Å². The van der Waals surface area contributed by atoms with E-state index in [2.05, 4.69) is 66.7 Å². The summed E-state index contributed by atoms with van der Waals surface area (Å²) in [7, 11) is 0. The van der Waals surface area contributed by atoms with E-state index in [1.54, 1.807) is 0 Å². The van der Waals surface area contributed by atoms with E-state index in [0.717, 1.165) is 11.8 Å². The Morgan fingerprint density at radius 3 is 1.87 bits per heavy atom. The summed E-state index contributed by atoms with van der Waals surface area (Å²) >= 11 is 0. The first-order chi connectivity index (χ1) is 11.4. The van der Waals surface area contributed by atoms with Gasteiger partial charge in [-0.05, 0) is 48.7 Å². The number of carbonyl (C=O) groups is 1. The molecule has 0 saturated carbocycles. The number of benzene rings is 5. The maximum atomic E-state index is 11.0. The summed E-state index contributed by atoms with van der Waals surface area (Å²) in [5.41, 5.74) is 1.10. The summed E-state index contributed by atoms with van der Waals surface area (Å²) < 4.78 is 0. The van der Waals surface area contributed by atoms with Crippen molar-refractivity contribution in [3.05, 3.63) is 72.3 Å². The van der Waals surface area contributed by atoms with Gasteiger partial charge in [-0.2, -0.15) is 0 Å². The molecule has 1 nitrogen and oxygen atoms in total. The van der Waals surface area contributed by atoms with Crippen LogP contribution in [0.25, 0.3) is 43.1 Å². The summed E-state index contributed by atoms with van der Waals surface area (Å²) in [5, 5.41) is 10.2. The smallest absolute Gasteiger partial charge is 0.124 e. The van der Waals surface area contributed by atoms with Crippen LogP contribution in [0, 0.1) is 0 Å². The van der Waals surface area contributed by atoms with Gasteiger partial charge in [0.15, 0.2) is 0 Å². The molecule has 0 aliphatic heterocycles. The van der Waals surface area contributed by atoms with Gasteiger partial charge in [0.05, 0.1) is 0 Å². The molecular weight excluding hydrogens is 280 g/mol. The Labute approximate surface area is 133 Å². The van der Waals surface area contributed by atoms with E-state index < -0.39 is 0 Å². The van der Waals surface area contributed by atoms with Crippen molar-refractivity contribution in [2.45, 2.75) is 6.42 Å². The maximum absolute atomic E-state index is 11.0. The molecule has 0 radical (unpaired) electrons. The Morgan fingerprint density at radius 1 is 0.609 bits per heavy atom. The van der Waals surface area contributed by atoms with E-state index in [4.69, 9.17) is 0 Å². The lowest BCUT2D eigenvalue weighted by Crippen LogP contribution is -1.92. The lowest BCUT2D eigenvalue weighted by molar-refractivity contribution is -0.107. The van der Waals surface area contributed by atoms with Gasteiger partial charge in [0, 0.05) is 6.42 Å². The lowest BCUT2D eigenvalue weighted by atomic mass is 9.88. The predicted octanol–water partition coefficient (Wildman–Crippen LogP) is 5.48. The zero-order valence-corrected chi connectivity index (χ0v) is 12.5. The Morgan fingerprint density at radius 2 is 1.17 bits per heavy atom. The number of hydrogen-bond acceptors (Lipinski definition) is 1. The molecular formula is C22H14O. The molecule has 0 aliphatic rings. The van der Waals surface area contributed by atoms with Gasteiger partial charge in [0.1, 0.15) is 6.29 Å². The average Bonchev–Trinajstić information content (AvgIpc) is 2.60. The number of hydrogen-bond donors (Lipinski definition) is 0. The van der Waals surface area contributed by atoms with Crippen LogP contribution in [0.2, 0.25) is 0 Å². The van der Waals surface area contributed by atoms with Crippen LogP contribution in [0.5, 0.6) is 0 Å². The number of carbonyl (C=O) groups excluding carboxylic acids is 1. The van der Waals surface area contributed by atoms with Gasteiger partial charge in [-0.15, -0.1) is 0 Å². The molecule has 0 amide bonds. The maximum Gasteiger partial charge on any atom is 0.124 e. The summed E-state index contributed by atoms with van der Waals surface area (Å²) in [6.45, 7) is 0. The molecule has 0 fully saturated rings. The SMILES string of the molecule is O=CCc1ccc2c3cccc4cccc(c5cccc1c52)c43. The Balaban J connectivity index is 2.16. The fourth-order valence-electron chi connectivity index (χ4n) is 3.97. The molecule has 0 saturated heterocycles. The first-order valence-electron chi connectivity index (χ1n) is 7.89. The first kappa shape index (κ1) is 12.6. The molecule has 0 aliphatic carbocycles. The molecule has 108 valence electrons. The minimum atomic E-state index is 0.464. The van der Waals surface area contributed by atoms with Crippen LogP contribution in [0.3, 0.4) is 0 Å². The Bertz CT molecular complexity index is 1150. The number of fused-ring (bicyclic) bond motifs is 2. The summed E-state index contributed by atoms with van der Waals surface area (Å²) in [6, 6.07) is 23.7. The molecule has 0 atom stereocenters. The van der Waals surface area contributed by atoms with Crippen molar-refractivity contribution in [1.82, 2.24) is 0 Å². The Hall–Kier alpha value is -2.93. The molecule has 1 heteroatoms. The second-order valence-electron chi connectivity index (χ2n) is 6.08. The standard InChI is InChI=1S/C22H14O/c23-13-12-14-10-11-20-18-8-2-5-15-4-1-7-17(21(15)18)19-9-3-6-16(14)22(19)20/h1-11,13H,12H2. The molecule has 23 heavy (non-hydrogen) atoms. The van der Waals surface area contributed by atoms with Gasteiger partial charge in [-0.3, -0.25) is 0 Å². The highest BCUT2D eigenvalue weighted by atomic mass is 16.1. The highest BCUT2D eigenvalue weighted by molar-refractivity contribution is 6.33. The van der Waals surface area contributed by atoms with Crippen LogP contribution < -0.4 is 0 Å². The molecule has 5 rings (SSSR count). The second-order valence-corrected chi connectivity index (χ2v) is 6.08. The van der Waals surface area contributed by atoms with Gasteiger partial charge in [-0.1, -0.05) is 66.7 Å². The molecule has 0 spiro atoms. The molecule has 0 heterocycles. The van der Waals surface area contributed by atoms with Gasteiger partial charge in [0.25, 0.3) is 0 Å². The zero-order chi connectivity index (χ0) is 15.4. The molecule has 5 aromatic rings. The van der Waals surface area contributed by atoms with Crippen molar-refractivity contribution >= 4 is 49.4 Å². The summed E-state index contributed by atoms with van der Waals surface area (Å²) in [5.74, 6) is 0. The Kier molecular flexibility index (Phi) is 2.48. The van der Waals surface area contributed by atoms with Crippen LogP contribution in [0.15, 0.2) is 66.7 Å². The van der Waals surface area contributed by atoms with E-state index in [1.165, 1.54) is 43.1 Å². The fraction of sp³-hybridized carbons (Fsp3) is 0.0455. The van der Waals surface area contributed by atoms with E-state index in [9.17, 15) is 4.79 Å². The van der Waals surface area contributed by atoms with Gasteiger partial charge in [-0.25, -0.2) is 0 Å². The van der Waals surface area contributed by atoms with Crippen molar-refractivity contribution in [3.63, 3.8) is 0 Å². The van der Waals surface area contributed by atoms with Crippen LogP contribution in [-0.4, -0.2) is 6.29 Å². The quantitative estimate of drug-likeness (QED) is 0.239. The van der Waals surface area contributed by atoms with E-state index in [1.807, 2.05) is 0 Å². The van der Waals surface area contributed by atoms with Crippen LogP contribution in [0.4, 0.5) is 0 Å². The van der Waals surface area contributed by atoms with Crippen molar-refractivity contribution < 1.29 is 4.79 Å². The van der Waals surface area contributed by atoms with Crippen LogP contribution in [-0.2, 0) is 11.2 Å². The van der Waals surface area contributed by atoms with Crippen LogP contribution in [0.1, 0.15) is 5.56 Å². The average molecular weight is 294 g/mol. The van der Waals surface area contributed by atoms with Crippen molar-refractivity contribution in [2.24, 2.45) is 0 Å². The monoisotopic (exact) mass is 294 g/mol. The van der Waals surface area contributed by atoms with E-state index in [-0.39, 0.29) is 0 Å². The van der Waals surface area contributed by atoms with E-state index >= 15 is 0 Å². The third-order valence-electron chi connectivity index (χ3n) is 4.92. The third-order valence-corrected chi connectivity index (χ3v) is 4.92. The predicted molar refractivity (Wildman–Crippen MR) is 97.4 cm³/mol. The zero-order valence-electron chi connectivity index (χ0n) is 12.5. The fourth-order valence-corrected chi connectivity index (χ4v) is 3.97. The lowest BCUT2D eigenvalue weighted by Gasteiger charge is -2.15. The number of rotatable bonds is 2. The third kappa shape index (κ3) is 1.59. The topological polar surface area (TPSA) is 17.1 Å². The molecule has 0 N–H and O–H groups in total. The number of aldehydes is 1. The highest BCUT2D eigenvalue weighted by Gasteiger charge is 2.13. The minimum Gasteiger partial charge on any atom is -0.303 e. The first-order valence-corrected chi connectivity index (χ1v) is 7.89. The van der Waals surface area contributed by atoms with Gasteiger partial charge < -0.3 is 4.79 Å². The minimum absolute atomic E-state index is 0.464.